The molecule has 5 heteroatoms. The lowest BCUT2D eigenvalue weighted by Crippen LogP contribution is -2.43. The standard InChI is InChI=1S/C15H28N2O3/c1(7-17-8-10-18-11-9-17)6-16-14-2-4-15(5-3-14)19-12-13-20-15/h14,16H,1-13H2. The van der Waals surface area contributed by atoms with Crippen LogP contribution in [0.2, 0.25) is 0 Å². The summed E-state index contributed by atoms with van der Waals surface area (Å²) in [5.41, 5.74) is 0. The molecule has 3 rings (SSSR count). The van der Waals surface area contributed by atoms with Crippen molar-refractivity contribution in [2.24, 2.45) is 0 Å². The fraction of sp³-hybridized carbons (Fsp3) is 1.00. The molecule has 3 aliphatic rings. The lowest BCUT2D eigenvalue weighted by atomic mass is 9.90. The highest BCUT2D eigenvalue weighted by Gasteiger charge is 2.39. The molecule has 0 amide bonds. The van der Waals surface area contributed by atoms with E-state index in [0.29, 0.717) is 6.04 Å². The zero-order valence-electron chi connectivity index (χ0n) is 12.4. The van der Waals surface area contributed by atoms with Gasteiger partial charge in [-0.25, -0.2) is 0 Å². The van der Waals surface area contributed by atoms with Gasteiger partial charge in [-0.05, 0) is 32.4 Å². The van der Waals surface area contributed by atoms with Crippen molar-refractivity contribution in [3.63, 3.8) is 0 Å². The van der Waals surface area contributed by atoms with Crippen LogP contribution < -0.4 is 5.32 Å². The van der Waals surface area contributed by atoms with Crippen LogP contribution in [0.15, 0.2) is 0 Å². The second kappa shape index (κ2) is 7.18. The number of ether oxygens (including phenoxy) is 3. The van der Waals surface area contributed by atoms with Crippen LogP contribution >= 0.6 is 0 Å². The summed E-state index contributed by atoms with van der Waals surface area (Å²) in [6.45, 7) is 7.86. The van der Waals surface area contributed by atoms with Crippen LogP contribution in [-0.4, -0.2) is 69.3 Å². The summed E-state index contributed by atoms with van der Waals surface area (Å²) in [6, 6.07) is 0.651. The molecule has 116 valence electrons. The number of nitrogens with zero attached hydrogens (tertiary/aromatic N) is 1. The van der Waals surface area contributed by atoms with E-state index in [1.54, 1.807) is 0 Å². The van der Waals surface area contributed by atoms with E-state index in [1.807, 2.05) is 0 Å². The van der Waals surface area contributed by atoms with Crippen molar-refractivity contribution in [2.75, 3.05) is 52.6 Å². The Morgan fingerprint density at radius 2 is 1.70 bits per heavy atom. The van der Waals surface area contributed by atoms with Crippen LogP contribution in [0.4, 0.5) is 0 Å². The van der Waals surface area contributed by atoms with Crippen LogP contribution in [0.5, 0.6) is 0 Å². The Labute approximate surface area is 121 Å². The zero-order valence-corrected chi connectivity index (χ0v) is 12.4. The number of nitrogens with one attached hydrogen (secondary N) is 1. The van der Waals surface area contributed by atoms with Gasteiger partial charge < -0.3 is 19.5 Å². The first-order chi connectivity index (χ1) is 9.86. The minimum Gasteiger partial charge on any atom is -0.379 e. The van der Waals surface area contributed by atoms with E-state index < -0.39 is 0 Å². The first-order valence-corrected chi connectivity index (χ1v) is 8.18. The van der Waals surface area contributed by atoms with Gasteiger partial charge in [0.05, 0.1) is 26.4 Å². The first-order valence-electron chi connectivity index (χ1n) is 8.18. The second-order valence-electron chi connectivity index (χ2n) is 6.14. The molecule has 0 atom stereocenters. The Bertz CT molecular complexity index is 279. The minimum absolute atomic E-state index is 0.216. The maximum atomic E-state index is 5.77. The van der Waals surface area contributed by atoms with Gasteiger partial charge in [0.2, 0.25) is 0 Å². The van der Waals surface area contributed by atoms with Crippen molar-refractivity contribution < 1.29 is 14.2 Å². The van der Waals surface area contributed by atoms with Crippen molar-refractivity contribution in [3.05, 3.63) is 0 Å². The monoisotopic (exact) mass is 284 g/mol. The molecule has 5 nitrogen and oxygen atoms in total. The number of hydrogen-bond donors (Lipinski definition) is 1. The molecule has 1 aliphatic carbocycles. The molecule has 3 fully saturated rings. The molecule has 1 spiro atoms. The van der Waals surface area contributed by atoms with Crippen molar-refractivity contribution >= 4 is 0 Å². The Balaban J connectivity index is 1.26. The second-order valence-corrected chi connectivity index (χ2v) is 6.14. The molecular weight excluding hydrogens is 256 g/mol. The van der Waals surface area contributed by atoms with E-state index in [2.05, 4.69) is 10.2 Å². The molecule has 0 aromatic heterocycles. The lowest BCUT2D eigenvalue weighted by Gasteiger charge is -2.35. The molecule has 0 aromatic carbocycles. The Hall–Kier alpha value is -0.200. The Morgan fingerprint density at radius 3 is 2.40 bits per heavy atom. The summed E-state index contributed by atoms with van der Waals surface area (Å²) in [7, 11) is 0. The fourth-order valence-corrected chi connectivity index (χ4v) is 3.48. The van der Waals surface area contributed by atoms with Gasteiger partial charge in [0, 0.05) is 32.0 Å². The topological polar surface area (TPSA) is 43.0 Å². The van der Waals surface area contributed by atoms with Gasteiger partial charge in [-0.1, -0.05) is 0 Å². The molecule has 0 unspecified atom stereocenters. The summed E-state index contributed by atoms with van der Waals surface area (Å²) < 4.78 is 16.9. The van der Waals surface area contributed by atoms with Gasteiger partial charge in [0.1, 0.15) is 0 Å². The normalized spacial score (nSPS) is 28.2. The molecular formula is C15H28N2O3. The van der Waals surface area contributed by atoms with Crippen LogP contribution in [0.25, 0.3) is 0 Å². The molecule has 0 radical (unpaired) electrons. The van der Waals surface area contributed by atoms with E-state index in [1.165, 1.54) is 25.8 Å². The minimum atomic E-state index is -0.216. The average Bonchev–Trinajstić information content (AvgIpc) is 2.95. The largest absolute Gasteiger partial charge is 0.379 e. The third-order valence-corrected chi connectivity index (χ3v) is 4.75. The van der Waals surface area contributed by atoms with E-state index in [9.17, 15) is 0 Å². The third-order valence-electron chi connectivity index (χ3n) is 4.75. The maximum absolute atomic E-state index is 5.77. The predicted molar refractivity (Wildman–Crippen MR) is 76.8 cm³/mol. The molecule has 2 heterocycles. The summed E-state index contributed by atoms with van der Waals surface area (Å²) >= 11 is 0. The molecule has 2 aliphatic heterocycles. The number of hydrogen-bond acceptors (Lipinski definition) is 5. The first kappa shape index (κ1) is 14.7. The quantitative estimate of drug-likeness (QED) is 0.763. The summed E-state index contributed by atoms with van der Waals surface area (Å²) in [6.07, 6.45) is 5.69. The highest BCUT2D eigenvalue weighted by Crippen LogP contribution is 2.35. The van der Waals surface area contributed by atoms with E-state index in [0.717, 1.165) is 58.9 Å². The van der Waals surface area contributed by atoms with Crippen molar-refractivity contribution in [2.45, 2.75) is 43.9 Å². The van der Waals surface area contributed by atoms with E-state index in [4.69, 9.17) is 14.2 Å². The van der Waals surface area contributed by atoms with Crippen LogP contribution in [0.1, 0.15) is 32.1 Å². The zero-order chi connectivity index (χ0) is 13.7. The molecule has 0 aromatic rings. The molecule has 2 saturated heterocycles. The van der Waals surface area contributed by atoms with Gasteiger partial charge in [-0.3, -0.25) is 4.90 Å². The van der Waals surface area contributed by atoms with Crippen LogP contribution in [-0.2, 0) is 14.2 Å². The smallest absolute Gasteiger partial charge is 0.168 e. The van der Waals surface area contributed by atoms with Crippen molar-refractivity contribution in [1.29, 1.82) is 0 Å². The van der Waals surface area contributed by atoms with Gasteiger partial charge in [-0.2, -0.15) is 0 Å². The Morgan fingerprint density at radius 1 is 1.00 bits per heavy atom. The molecule has 0 bridgehead atoms. The van der Waals surface area contributed by atoms with Crippen LogP contribution in [0, 0.1) is 0 Å². The highest BCUT2D eigenvalue weighted by molar-refractivity contribution is 4.85. The van der Waals surface area contributed by atoms with Gasteiger partial charge in [0.25, 0.3) is 0 Å². The van der Waals surface area contributed by atoms with Crippen molar-refractivity contribution in [3.8, 4) is 0 Å². The number of rotatable bonds is 5. The Kier molecular flexibility index (Phi) is 5.29. The van der Waals surface area contributed by atoms with Gasteiger partial charge in [0.15, 0.2) is 5.79 Å². The van der Waals surface area contributed by atoms with Crippen LogP contribution in [0.3, 0.4) is 0 Å². The summed E-state index contributed by atoms with van der Waals surface area (Å²) in [5, 5.41) is 3.70. The third kappa shape index (κ3) is 3.92. The fourth-order valence-electron chi connectivity index (χ4n) is 3.48. The van der Waals surface area contributed by atoms with Gasteiger partial charge in [-0.15, -0.1) is 0 Å². The lowest BCUT2D eigenvalue weighted by molar-refractivity contribution is -0.179. The maximum Gasteiger partial charge on any atom is 0.168 e. The molecule has 1 N–H and O–H groups in total. The predicted octanol–water partition coefficient (Wildman–Crippen LogP) is 0.984. The summed E-state index contributed by atoms with van der Waals surface area (Å²) in [4.78, 5) is 2.50. The SMILES string of the molecule is C(CNC1CCC2(CC1)OCCO2)CN1CCOCC1. The highest BCUT2D eigenvalue weighted by atomic mass is 16.7. The number of morpholine rings is 1. The van der Waals surface area contributed by atoms with Gasteiger partial charge >= 0.3 is 0 Å². The molecule has 1 saturated carbocycles. The van der Waals surface area contributed by atoms with Crippen molar-refractivity contribution in [1.82, 2.24) is 10.2 Å². The van der Waals surface area contributed by atoms with E-state index >= 15 is 0 Å². The average molecular weight is 284 g/mol. The van der Waals surface area contributed by atoms with E-state index in [-0.39, 0.29) is 5.79 Å². The molecule has 20 heavy (non-hydrogen) atoms. The summed E-state index contributed by atoms with van der Waals surface area (Å²) in [5.74, 6) is -0.216.